The number of amides is 1. The van der Waals surface area contributed by atoms with E-state index in [1.54, 1.807) is 12.3 Å². The summed E-state index contributed by atoms with van der Waals surface area (Å²) in [6.45, 7) is 4.24. The maximum atomic E-state index is 12.4. The van der Waals surface area contributed by atoms with E-state index < -0.39 is 10.0 Å². The highest BCUT2D eigenvalue weighted by Crippen LogP contribution is 2.24. The molecule has 0 aliphatic rings. The zero-order valence-corrected chi connectivity index (χ0v) is 19.1. The Labute approximate surface area is 193 Å². The number of rotatable bonds is 9. The van der Waals surface area contributed by atoms with Crippen LogP contribution in [0.5, 0.6) is 11.6 Å². The first-order valence-electron chi connectivity index (χ1n) is 10.2. The molecule has 2 aromatic carbocycles. The Kier molecular flexibility index (Phi) is 7.77. The van der Waals surface area contributed by atoms with Crippen LogP contribution >= 0.6 is 0 Å². The number of carbonyl (C=O) groups is 1. The molecule has 1 aromatic heterocycles. The van der Waals surface area contributed by atoms with Crippen molar-refractivity contribution in [2.24, 2.45) is 0 Å². The SMILES string of the molecule is Cc1ccc(C)c(Oc2ccc(CNC(=O)c3ccc(S(=O)(=O)NCCC#N)cc3)cn2)c1. The van der Waals surface area contributed by atoms with Gasteiger partial charge in [0.2, 0.25) is 15.9 Å². The highest BCUT2D eigenvalue weighted by molar-refractivity contribution is 7.89. The van der Waals surface area contributed by atoms with Gasteiger partial charge in [0.1, 0.15) is 5.75 Å². The zero-order valence-electron chi connectivity index (χ0n) is 18.3. The number of hydrogen-bond acceptors (Lipinski definition) is 6. The van der Waals surface area contributed by atoms with Gasteiger partial charge in [-0.15, -0.1) is 0 Å². The maximum Gasteiger partial charge on any atom is 0.251 e. The van der Waals surface area contributed by atoms with Gasteiger partial charge in [0.15, 0.2) is 0 Å². The average molecular weight is 465 g/mol. The van der Waals surface area contributed by atoms with Gasteiger partial charge in [0.25, 0.3) is 5.91 Å². The first kappa shape index (κ1) is 23.9. The van der Waals surface area contributed by atoms with Crippen molar-refractivity contribution in [1.82, 2.24) is 15.0 Å². The van der Waals surface area contributed by atoms with Gasteiger partial charge < -0.3 is 10.1 Å². The minimum absolute atomic E-state index is 0.0284. The predicted molar refractivity (Wildman–Crippen MR) is 123 cm³/mol. The third kappa shape index (κ3) is 6.62. The number of sulfonamides is 1. The van der Waals surface area contributed by atoms with Crippen LogP contribution < -0.4 is 14.8 Å². The highest BCUT2D eigenvalue weighted by Gasteiger charge is 2.14. The van der Waals surface area contributed by atoms with Crippen LogP contribution in [0.4, 0.5) is 0 Å². The largest absolute Gasteiger partial charge is 0.439 e. The molecule has 3 rings (SSSR count). The van der Waals surface area contributed by atoms with Crippen molar-refractivity contribution in [3.8, 4) is 17.7 Å². The Balaban J connectivity index is 1.56. The molecule has 0 saturated heterocycles. The van der Waals surface area contributed by atoms with E-state index in [0.717, 1.165) is 22.4 Å². The number of carbonyl (C=O) groups excluding carboxylic acids is 1. The first-order chi connectivity index (χ1) is 15.8. The summed E-state index contributed by atoms with van der Waals surface area (Å²) in [6, 6.07) is 17.0. The van der Waals surface area contributed by atoms with Crippen LogP contribution in [-0.2, 0) is 16.6 Å². The summed E-state index contributed by atoms with van der Waals surface area (Å²) in [7, 11) is -3.72. The van der Waals surface area contributed by atoms with Gasteiger partial charge in [-0.1, -0.05) is 18.2 Å². The number of pyridine rings is 1. The Morgan fingerprint density at radius 3 is 2.52 bits per heavy atom. The fourth-order valence-corrected chi connectivity index (χ4v) is 3.93. The average Bonchev–Trinajstić information content (AvgIpc) is 2.81. The van der Waals surface area contributed by atoms with Crippen molar-refractivity contribution in [1.29, 1.82) is 5.26 Å². The van der Waals surface area contributed by atoms with Gasteiger partial charge in [-0.25, -0.2) is 18.1 Å². The second-order valence-electron chi connectivity index (χ2n) is 7.39. The van der Waals surface area contributed by atoms with E-state index in [4.69, 9.17) is 10.00 Å². The molecule has 0 saturated carbocycles. The molecular formula is C24H24N4O4S. The third-order valence-electron chi connectivity index (χ3n) is 4.76. The van der Waals surface area contributed by atoms with Crippen LogP contribution in [-0.4, -0.2) is 25.9 Å². The lowest BCUT2D eigenvalue weighted by Gasteiger charge is -2.10. The number of ether oxygens (including phenoxy) is 1. The lowest BCUT2D eigenvalue weighted by Crippen LogP contribution is -2.25. The fraction of sp³-hybridized carbons (Fsp3) is 0.208. The molecule has 1 heterocycles. The normalized spacial score (nSPS) is 10.9. The Hall–Kier alpha value is -3.74. The molecule has 0 aliphatic heterocycles. The summed E-state index contributed by atoms with van der Waals surface area (Å²) >= 11 is 0. The quantitative estimate of drug-likeness (QED) is 0.467. The van der Waals surface area contributed by atoms with Crippen LogP contribution in [0.25, 0.3) is 0 Å². The zero-order chi connectivity index (χ0) is 23.8. The molecule has 8 nitrogen and oxygen atoms in total. The van der Waals surface area contributed by atoms with Gasteiger partial charge in [-0.3, -0.25) is 4.79 Å². The number of aryl methyl sites for hydroxylation is 2. The molecule has 0 aliphatic carbocycles. The molecule has 170 valence electrons. The molecule has 0 unspecified atom stereocenters. The Morgan fingerprint density at radius 1 is 1.09 bits per heavy atom. The minimum Gasteiger partial charge on any atom is -0.439 e. The fourth-order valence-electron chi connectivity index (χ4n) is 2.90. The number of nitrogens with one attached hydrogen (secondary N) is 2. The van der Waals surface area contributed by atoms with Gasteiger partial charge >= 0.3 is 0 Å². The number of nitriles is 1. The molecule has 0 spiro atoms. The second-order valence-corrected chi connectivity index (χ2v) is 9.16. The molecule has 1 amide bonds. The summed E-state index contributed by atoms with van der Waals surface area (Å²) < 4.78 is 32.4. The van der Waals surface area contributed by atoms with Crippen molar-refractivity contribution < 1.29 is 17.9 Å². The standard InChI is InChI=1S/C24H24N4O4S/c1-17-4-5-18(2)22(14-17)32-23-11-6-19(15-26-23)16-27-24(29)20-7-9-21(10-8-20)33(30,31)28-13-3-12-25/h4-11,14-15,28H,3,13,16H2,1-2H3,(H,27,29). The van der Waals surface area contributed by atoms with E-state index >= 15 is 0 Å². The molecule has 3 aromatic rings. The molecule has 9 heteroatoms. The number of benzene rings is 2. The molecule has 0 radical (unpaired) electrons. The summed E-state index contributed by atoms with van der Waals surface area (Å²) in [5.41, 5.74) is 3.22. The van der Waals surface area contributed by atoms with E-state index in [1.165, 1.54) is 24.3 Å². The molecule has 2 N–H and O–H groups in total. The molecule has 33 heavy (non-hydrogen) atoms. The molecule has 0 bridgehead atoms. The molecule has 0 fully saturated rings. The summed E-state index contributed by atoms with van der Waals surface area (Å²) in [6.07, 6.45) is 1.70. The van der Waals surface area contributed by atoms with E-state index in [9.17, 15) is 13.2 Å². The lowest BCUT2D eigenvalue weighted by atomic mass is 10.1. The monoisotopic (exact) mass is 464 g/mol. The van der Waals surface area contributed by atoms with Gasteiger partial charge in [0, 0.05) is 37.3 Å². The first-order valence-corrected chi connectivity index (χ1v) is 11.7. The van der Waals surface area contributed by atoms with Crippen LogP contribution in [0.2, 0.25) is 0 Å². The maximum absolute atomic E-state index is 12.4. The smallest absolute Gasteiger partial charge is 0.251 e. The van der Waals surface area contributed by atoms with E-state index in [-0.39, 0.29) is 30.3 Å². The predicted octanol–water partition coefficient (Wildman–Crippen LogP) is 3.61. The number of hydrogen-bond donors (Lipinski definition) is 2. The van der Waals surface area contributed by atoms with Crippen molar-refractivity contribution in [3.63, 3.8) is 0 Å². The minimum atomic E-state index is -3.72. The number of nitrogens with zero attached hydrogens (tertiary/aromatic N) is 2. The lowest BCUT2D eigenvalue weighted by molar-refractivity contribution is 0.0950. The van der Waals surface area contributed by atoms with Gasteiger partial charge in [0.05, 0.1) is 11.0 Å². The second kappa shape index (κ2) is 10.7. The van der Waals surface area contributed by atoms with Crippen LogP contribution in [0.15, 0.2) is 65.7 Å². The number of aromatic nitrogens is 1. The molecular weight excluding hydrogens is 440 g/mol. The summed E-state index contributed by atoms with van der Waals surface area (Å²) in [5.74, 6) is 0.861. The van der Waals surface area contributed by atoms with Crippen molar-refractivity contribution in [3.05, 3.63) is 83.0 Å². The Morgan fingerprint density at radius 2 is 1.85 bits per heavy atom. The molecule has 0 atom stereocenters. The summed E-state index contributed by atoms with van der Waals surface area (Å²) in [5, 5.41) is 11.3. The van der Waals surface area contributed by atoms with Gasteiger partial charge in [-0.2, -0.15) is 5.26 Å². The van der Waals surface area contributed by atoms with Crippen molar-refractivity contribution in [2.45, 2.75) is 31.7 Å². The van der Waals surface area contributed by atoms with Crippen LogP contribution in [0.3, 0.4) is 0 Å². The topological polar surface area (TPSA) is 121 Å². The Bertz CT molecular complexity index is 1270. The van der Waals surface area contributed by atoms with Crippen molar-refractivity contribution >= 4 is 15.9 Å². The van der Waals surface area contributed by atoms with E-state index in [0.29, 0.717) is 11.4 Å². The van der Waals surface area contributed by atoms with E-state index in [2.05, 4.69) is 15.0 Å². The van der Waals surface area contributed by atoms with Crippen LogP contribution in [0, 0.1) is 25.2 Å². The van der Waals surface area contributed by atoms with Gasteiger partial charge in [-0.05, 0) is 60.9 Å². The summed E-state index contributed by atoms with van der Waals surface area (Å²) in [4.78, 5) is 16.7. The van der Waals surface area contributed by atoms with E-state index in [1.807, 2.05) is 44.2 Å². The van der Waals surface area contributed by atoms with Crippen molar-refractivity contribution in [2.75, 3.05) is 6.54 Å². The highest BCUT2D eigenvalue weighted by atomic mass is 32.2. The third-order valence-corrected chi connectivity index (χ3v) is 6.24. The van der Waals surface area contributed by atoms with Crippen LogP contribution in [0.1, 0.15) is 33.5 Å².